The lowest BCUT2D eigenvalue weighted by atomic mass is 10.1. The first kappa shape index (κ1) is 20.7. The van der Waals surface area contributed by atoms with E-state index in [1.54, 1.807) is 7.11 Å². The molecule has 1 aliphatic rings. The molecule has 28 heavy (non-hydrogen) atoms. The average molecular weight is 389 g/mol. The van der Waals surface area contributed by atoms with Gasteiger partial charge in [0, 0.05) is 38.8 Å². The van der Waals surface area contributed by atoms with Gasteiger partial charge in [-0.05, 0) is 50.1 Å². The molecule has 0 spiro atoms. The molecule has 0 aliphatic carbocycles. The Labute approximate surface area is 167 Å². The van der Waals surface area contributed by atoms with Crippen LogP contribution in [0.25, 0.3) is 0 Å². The molecular weight excluding hydrogens is 356 g/mol. The normalized spacial score (nSPS) is 18.4. The van der Waals surface area contributed by atoms with Gasteiger partial charge in [-0.25, -0.2) is 0 Å². The Hall–Kier alpha value is -2.02. The van der Waals surface area contributed by atoms with Crippen LogP contribution >= 0.6 is 0 Å². The van der Waals surface area contributed by atoms with Gasteiger partial charge in [-0.1, -0.05) is 6.07 Å². The number of aryl methyl sites for hydroxylation is 1. The Morgan fingerprint density at radius 2 is 2.00 bits per heavy atom. The van der Waals surface area contributed by atoms with Crippen molar-refractivity contribution in [1.29, 1.82) is 0 Å². The second-order valence-corrected chi connectivity index (χ2v) is 7.30. The van der Waals surface area contributed by atoms with Gasteiger partial charge < -0.3 is 19.0 Å². The maximum Gasteiger partial charge on any atom is 0.161 e. The van der Waals surface area contributed by atoms with Crippen LogP contribution in [0.15, 0.2) is 34.7 Å². The van der Waals surface area contributed by atoms with Crippen molar-refractivity contribution >= 4 is 0 Å². The highest BCUT2D eigenvalue weighted by molar-refractivity contribution is 5.43. The summed E-state index contributed by atoms with van der Waals surface area (Å²) in [7, 11) is 1.66. The molecule has 0 bridgehead atoms. The highest BCUT2D eigenvalue weighted by Gasteiger charge is 2.27. The molecule has 1 saturated heterocycles. The number of ether oxygens (including phenoxy) is 2. The maximum atomic E-state index is 9.54. The predicted molar refractivity (Wildman–Crippen MR) is 109 cm³/mol. The highest BCUT2D eigenvalue weighted by Crippen LogP contribution is 2.29. The molecule has 0 unspecified atom stereocenters. The van der Waals surface area contributed by atoms with Crippen molar-refractivity contribution in [3.8, 4) is 11.5 Å². The second kappa shape index (κ2) is 9.96. The van der Waals surface area contributed by atoms with Gasteiger partial charge in [-0.3, -0.25) is 9.80 Å². The number of hydrogen-bond acceptors (Lipinski definition) is 6. The summed E-state index contributed by atoms with van der Waals surface area (Å²) in [5.41, 5.74) is 1.21. The van der Waals surface area contributed by atoms with Crippen molar-refractivity contribution in [2.24, 2.45) is 0 Å². The summed E-state index contributed by atoms with van der Waals surface area (Å²) in [6.07, 6.45) is 0.767. The Bertz CT molecular complexity index is 746. The van der Waals surface area contributed by atoms with Gasteiger partial charge in [-0.15, -0.1) is 0 Å². The molecule has 1 aromatic heterocycles. The van der Waals surface area contributed by atoms with Crippen LogP contribution in [0.1, 0.15) is 30.4 Å². The standard InChI is InChI=1S/C22H32N2O4/c1-4-27-22-13-18(6-8-21(22)26-3)14-23-10-11-24(19(15-23)9-12-25)16-20-7-5-17(2)28-20/h5-8,13,19,25H,4,9-12,14-16H2,1-3H3/t19-/m1/s1. The van der Waals surface area contributed by atoms with E-state index in [9.17, 15) is 5.11 Å². The van der Waals surface area contributed by atoms with Gasteiger partial charge in [0.25, 0.3) is 0 Å². The first-order valence-electron chi connectivity index (χ1n) is 10.0. The third-order valence-corrected chi connectivity index (χ3v) is 5.24. The number of methoxy groups -OCH3 is 1. The fourth-order valence-electron chi connectivity index (χ4n) is 3.85. The summed E-state index contributed by atoms with van der Waals surface area (Å²) >= 11 is 0. The minimum absolute atomic E-state index is 0.198. The molecule has 154 valence electrons. The third kappa shape index (κ3) is 5.28. The highest BCUT2D eigenvalue weighted by atomic mass is 16.5. The summed E-state index contributed by atoms with van der Waals surface area (Å²) in [5, 5.41) is 9.54. The molecule has 3 rings (SSSR count). The summed E-state index contributed by atoms with van der Waals surface area (Å²) in [4.78, 5) is 4.87. The molecule has 2 heterocycles. The van der Waals surface area contributed by atoms with Crippen molar-refractivity contribution in [3.05, 3.63) is 47.4 Å². The van der Waals surface area contributed by atoms with E-state index in [2.05, 4.69) is 21.9 Å². The number of benzene rings is 1. The van der Waals surface area contributed by atoms with Gasteiger partial charge in [0.2, 0.25) is 0 Å². The Kier molecular flexibility index (Phi) is 7.36. The summed E-state index contributed by atoms with van der Waals surface area (Å²) in [5.74, 6) is 3.49. The third-order valence-electron chi connectivity index (χ3n) is 5.24. The number of aliphatic hydroxyl groups excluding tert-OH is 1. The van der Waals surface area contributed by atoms with Gasteiger partial charge in [-0.2, -0.15) is 0 Å². The number of furan rings is 1. The van der Waals surface area contributed by atoms with E-state index in [1.165, 1.54) is 5.56 Å². The van der Waals surface area contributed by atoms with E-state index in [-0.39, 0.29) is 6.61 Å². The molecule has 1 fully saturated rings. The first-order valence-corrected chi connectivity index (χ1v) is 10.0. The summed E-state index contributed by atoms with van der Waals surface area (Å²) < 4.78 is 16.8. The molecule has 1 N–H and O–H groups in total. The molecule has 0 radical (unpaired) electrons. The van der Waals surface area contributed by atoms with Crippen LogP contribution in [-0.4, -0.2) is 60.9 Å². The maximum absolute atomic E-state index is 9.54. The number of rotatable bonds is 9. The fourth-order valence-corrected chi connectivity index (χ4v) is 3.85. The molecule has 1 atom stereocenters. The van der Waals surface area contributed by atoms with Crippen LogP contribution < -0.4 is 9.47 Å². The van der Waals surface area contributed by atoms with Crippen molar-refractivity contribution in [3.63, 3.8) is 0 Å². The minimum Gasteiger partial charge on any atom is -0.493 e. The predicted octanol–water partition coefficient (Wildman–Crippen LogP) is 3.06. The largest absolute Gasteiger partial charge is 0.493 e. The molecule has 6 heteroatoms. The van der Waals surface area contributed by atoms with Crippen LogP contribution in [-0.2, 0) is 13.1 Å². The molecule has 2 aromatic rings. The SMILES string of the molecule is CCOc1cc(CN2CCN(Cc3ccc(C)o3)[C@H](CCO)C2)ccc1OC. The minimum atomic E-state index is 0.198. The van der Waals surface area contributed by atoms with E-state index in [1.807, 2.05) is 32.0 Å². The van der Waals surface area contributed by atoms with E-state index in [0.29, 0.717) is 12.6 Å². The molecule has 6 nitrogen and oxygen atoms in total. The van der Waals surface area contributed by atoms with Crippen LogP contribution in [0.5, 0.6) is 11.5 Å². The van der Waals surface area contributed by atoms with Crippen LogP contribution in [0.3, 0.4) is 0 Å². The molecule has 1 aromatic carbocycles. The zero-order valence-electron chi connectivity index (χ0n) is 17.2. The average Bonchev–Trinajstić information content (AvgIpc) is 3.09. The lowest BCUT2D eigenvalue weighted by Crippen LogP contribution is -2.52. The summed E-state index contributed by atoms with van der Waals surface area (Å²) in [6.45, 7) is 9.28. The number of hydrogen-bond donors (Lipinski definition) is 1. The van der Waals surface area contributed by atoms with Gasteiger partial charge in [0.1, 0.15) is 11.5 Å². The van der Waals surface area contributed by atoms with Crippen LogP contribution in [0, 0.1) is 6.92 Å². The van der Waals surface area contributed by atoms with E-state index < -0.39 is 0 Å². The Morgan fingerprint density at radius 3 is 2.68 bits per heavy atom. The van der Waals surface area contributed by atoms with E-state index >= 15 is 0 Å². The topological polar surface area (TPSA) is 58.3 Å². The molecule has 0 amide bonds. The molecule has 1 aliphatic heterocycles. The molecular formula is C22H32N2O4. The summed E-state index contributed by atoms with van der Waals surface area (Å²) in [6, 6.07) is 10.5. The van der Waals surface area contributed by atoms with Crippen molar-refractivity contribution in [2.45, 2.75) is 39.4 Å². The van der Waals surface area contributed by atoms with Crippen molar-refractivity contribution in [2.75, 3.05) is 40.0 Å². The zero-order chi connectivity index (χ0) is 19.9. The molecule has 0 saturated carbocycles. The van der Waals surface area contributed by atoms with E-state index in [4.69, 9.17) is 13.9 Å². The lowest BCUT2D eigenvalue weighted by Gasteiger charge is -2.41. The zero-order valence-corrected chi connectivity index (χ0v) is 17.2. The first-order chi connectivity index (χ1) is 13.6. The van der Waals surface area contributed by atoms with E-state index in [0.717, 1.165) is 62.2 Å². The lowest BCUT2D eigenvalue weighted by molar-refractivity contribution is 0.0454. The second-order valence-electron chi connectivity index (χ2n) is 7.30. The number of nitrogens with zero attached hydrogens (tertiary/aromatic N) is 2. The monoisotopic (exact) mass is 388 g/mol. The smallest absolute Gasteiger partial charge is 0.161 e. The van der Waals surface area contributed by atoms with Crippen molar-refractivity contribution < 1.29 is 19.0 Å². The fraction of sp³-hybridized carbons (Fsp3) is 0.545. The number of aliphatic hydroxyl groups is 1. The van der Waals surface area contributed by atoms with Crippen LogP contribution in [0.2, 0.25) is 0 Å². The van der Waals surface area contributed by atoms with Gasteiger partial charge in [0.05, 0.1) is 20.3 Å². The van der Waals surface area contributed by atoms with Crippen molar-refractivity contribution in [1.82, 2.24) is 9.80 Å². The Morgan fingerprint density at radius 1 is 1.14 bits per heavy atom. The van der Waals surface area contributed by atoms with Gasteiger partial charge >= 0.3 is 0 Å². The quantitative estimate of drug-likeness (QED) is 0.713. The van der Waals surface area contributed by atoms with Gasteiger partial charge in [0.15, 0.2) is 11.5 Å². The number of piperazine rings is 1. The van der Waals surface area contributed by atoms with Crippen LogP contribution in [0.4, 0.5) is 0 Å². The Balaban J connectivity index is 1.64.